The molecule has 2 aliphatic rings. The number of benzene rings is 3. The van der Waals surface area contributed by atoms with Crippen LogP contribution in [0, 0.1) is 17.8 Å². The van der Waals surface area contributed by atoms with Gasteiger partial charge < -0.3 is 23.1 Å². The summed E-state index contributed by atoms with van der Waals surface area (Å²) in [6.45, 7) is 24.9. The Bertz CT molecular complexity index is 1510. The van der Waals surface area contributed by atoms with Crippen molar-refractivity contribution in [2.24, 2.45) is 17.8 Å². The lowest BCUT2D eigenvalue weighted by atomic mass is 9.84. The van der Waals surface area contributed by atoms with Gasteiger partial charge >= 0.3 is 0 Å². The van der Waals surface area contributed by atoms with Gasteiger partial charge in [-0.25, -0.2) is 0 Å². The second-order valence-electron chi connectivity index (χ2n) is 18.6. The highest BCUT2D eigenvalue weighted by molar-refractivity contribution is 6.99. The Kier molecular flexibility index (Phi) is 17.3. The second kappa shape index (κ2) is 21.4. The lowest BCUT2D eigenvalue weighted by molar-refractivity contribution is -0.0869. The molecule has 2 heterocycles. The van der Waals surface area contributed by atoms with Crippen molar-refractivity contribution in [2.75, 3.05) is 6.61 Å². The molecule has 0 saturated carbocycles. The normalized spacial score (nSPS) is 23.3. The summed E-state index contributed by atoms with van der Waals surface area (Å²) in [5, 5.41) is 2.61. The van der Waals surface area contributed by atoms with Crippen molar-refractivity contribution in [3.63, 3.8) is 0 Å². The molecule has 0 amide bonds. The van der Waals surface area contributed by atoms with Crippen LogP contribution in [0.4, 0.5) is 0 Å². The summed E-state index contributed by atoms with van der Waals surface area (Å²) < 4.78 is 35.6. The van der Waals surface area contributed by atoms with Gasteiger partial charge in [-0.15, -0.1) is 0 Å². The van der Waals surface area contributed by atoms with E-state index in [9.17, 15) is 0 Å². The third kappa shape index (κ3) is 11.4. The van der Waals surface area contributed by atoms with Crippen LogP contribution >= 0.6 is 0 Å². The van der Waals surface area contributed by atoms with Crippen LogP contribution in [0.1, 0.15) is 120 Å². The maximum absolute atomic E-state index is 7.54. The van der Waals surface area contributed by atoms with Crippen molar-refractivity contribution < 1.29 is 23.1 Å². The van der Waals surface area contributed by atoms with Crippen molar-refractivity contribution >= 4 is 27.0 Å². The van der Waals surface area contributed by atoms with E-state index in [4.69, 9.17) is 23.1 Å². The molecule has 2 saturated heterocycles. The highest BCUT2D eigenvalue weighted by Gasteiger charge is 2.51. The maximum atomic E-state index is 7.54. The Labute approximate surface area is 350 Å². The first kappa shape index (κ1) is 46.0. The van der Waals surface area contributed by atoms with Gasteiger partial charge in [-0.1, -0.05) is 167 Å². The third-order valence-corrected chi connectivity index (χ3v) is 23.5. The standard InChI is InChI=1S/C50H78O5Si2/c1-11-24-42(51-37-41-25-18-15-19-26-41)35-43-31-32-47(53-43)39(6)49(55-56(12-2,13-3)14-4)40(7)48-34-33-46(54-48)38(5)36-52-57(50(8,9)10,44-27-20-16-21-28-44)45-29-22-17-23-30-45/h15-23,25-30,38-40,42-43,46-49H,11-14,24,31-37H2,1-10H3/t38-,39+,40+,42-,43-,46+,47+,48-,49-/m0/s1. The summed E-state index contributed by atoms with van der Waals surface area (Å²) >= 11 is 0. The van der Waals surface area contributed by atoms with Gasteiger partial charge in [0.1, 0.15) is 0 Å². The summed E-state index contributed by atoms with van der Waals surface area (Å²) in [6.07, 6.45) is 8.50. The quantitative estimate of drug-likeness (QED) is 0.0946. The van der Waals surface area contributed by atoms with Crippen LogP contribution in [-0.4, -0.2) is 59.9 Å². The lowest BCUT2D eigenvalue weighted by Crippen LogP contribution is -2.67. The maximum Gasteiger partial charge on any atom is 0.261 e. The fourth-order valence-electron chi connectivity index (χ4n) is 9.99. The average molecular weight is 815 g/mol. The van der Waals surface area contributed by atoms with Crippen LogP contribution in [0.3, 0.4) is 0 Å². The van der Waals surface area contributed by atoms with Crippen LogP contribution in [0.5, 0.6) is 0 Å². The molecule has 0 aromatic heterocycles. The number of hydrogen-bond donors (Lipinski definition) is 0. The number of hydrogen-bond acceptors (Lipinski definition) is 5. The molecule has 0 bridgehead atoms. The van der Waals surface area contributed by atoms with Crippen LogP contribution in [0.2, 0.25) is 23.2 Å². The molecule has 0 aliphatic carbocycles. The molecule has 0 N–H and O–H groups in total. The Hall–Kier alpha value is -2.11. The van der Waals surface area contributed by atoms with E-state index in [1.54, 1.807) is 0 Å². The fourth-order valence-corrected chi connectivity index (χ4v) is 17.7. The van der Waals surface area contributed by atoms with Crippen molar-refractivity contribution in [1.82, 2.24) is 0 Å². The molecule has 316 valence electrons. The van der Waals surface area contributed by atoms with Crippen LogP contribution in [0.15, 0.2) is 91.0 Å². The monoisotopic (exact) mass is 815 g/mol. The molecule has 0 radical (unpaired) electrons. The molecule has 3 aromatic rings. The second-order valence-corrected chi connectivity index (χ2v) is 27.6. The predicted octanol–water partition coefficient (Wildman–Crippen LogP) is 11.7. The zero-order valence-corrected chi connectivity index (χ0v) is 39.4. The Morgan fingerprint density at radius 2 is 1.18 bits per heavy atom. The van der Waals surface area contributed by atoms with Crippen LogP contribution in [0.25, 0.3) is 0 Å². The van der Waals surface area contributed by atoms with E-state index in [-0.39, 0.29) is 59.4 Å². The van der Waals surface area contributed by atoms with E-state index >= 15 is 0 Å². The minimum absolute atomic E-state index is 0.0503. The molecule has 7 heteroatoms. The Balaban J connectivity index is 1.27. The van der Waals surface area contributed by atoms with Gasteiger partial charge in [-0.2, -0.15) is 0 Å². The molecular formula is C50H78O5Si2. The summed E-state index contributed by atoms with van der Waals surface area (Å²) in [7, 11) is -4.53. The molecule has 0 unspecified atom stereocenters. The molecule has 0 spiro atoms. The summed E-state index contributed by atoms with van der Waals surface area (Å²) in [4.78, 5) is 0. The van der Waals surface area contributed by atoms with Crippen molar-refractivity contribution in [1.29, 1.82) is 0 Å². The van der Waals surface area contributed by atoms with E-state index in [1.165, 1.54) is 15.9 Å². The lowest BCUT2D eigenvalue weighted by Gasteiger charge is -2.44. The van der Waals surface area contributed by atoms with Crippen molar-refractivity contribution in [3.8, 4) is 0 Å². The van der Waals surface area contributed by atoms with Gasteiger partial charge in [0.2, 0.25) is 0 Å². The molecule has 5 rings (SSSR count). The SMILES string of the molecule is CCC[C@@H](C[C@@H]1CC[C@H]([C@@H](C)[C@H](O[Si](CC)(CC)CC)[C@H](C)[C@@H]2CC[C@H]([C@@H](C)CO[Si](c3ccccc3)(c3ccccc3)C(C)(C)C)O2)O1)OCc1ccccc1. The van der Waals surface area contributed by atoms with Gasteiger partial charge in [0.25, 0.3) is 8.32 Å². The van der Waals surface area contributed by atoms with Gasteiger partial charge in [0.05, 0.1) is 43.2 Å². The van der Waals surface area contributed by atoms with Gasteiger partial charge in [-0.3, -0.25) is 0 Å². The molecule has 5 nitrogen and oxygen atoms in total. The molecule has 2 aliphatic heterocycles. The Morgan fingerprint density at radius 3 is 1.70 bits per heavy atom. The fraction of sp³-hybridized carbons (Fsp3) is 0.640. The van der Waals surface area contributed by atoms with Crippen molar-refractivity contribution in [2.45, 2.75) is 181 Å². The number of ether oxygens (including phenoxy) is 3. The van der Waals surface area contributed by atoms with Gasteiger partial charge in [-0.05, 0) is 77.6 Å². The largest absolute Gasteiger partial charge is 0.413 e. The molecular weight excluding hydrogens is 737 g/mol. The highest BCUT2D eigenvalue weighted by Crippen LogP contribution is 2.41. The molecule has 9 atom stereocenters. The van der Waals surface area contributed by atoms with Crippen LogP contribution < -0.4 is 10.4 Å². The van der Waals surface area contributed by atoms with E-state index in [0.29, 0.717) is 13.2 Å². The smallest absolute Gasteiger partial charge is 0.261 e. The highest BCUT2D eigenvalue weighted by atomic mass is 28.4. The zero-order valence-electron chi connectivity index (χ0n) is 37.4. The minimum atomic E-state index is -2.62. The predicted molar refractivity (Wildman–Crippen MR) is 243 cm³/mol. The van der Waals surface area contributed by atoms with Crippen molar-refractivity contribution in [3.05, 3.63) is 96.6 Å². The van der Waals surface area contributed by atoms with Crippen LogP contribution in [-0.2, 0) is 29.7 Å². The number of rotatable bonds is 22. The van der Waals surface area contributed by atoms with E-state index < -0.39 is 16.6 Å². The first-order valence-corrected chi connectivity index (χ1v) is 27.2. The van der Waals surface area contributed by atoms with E-state index in [0.717, 1.165) is 63.1 Å². The minimum Gasteiger partial charge on any atom is -0.413 e. The molecule has 3 aromatic carbocycles. The average Bonchev–Trinajstić information content (AvgIpc) is 3.92. The zero-order chi connectivity index (χ0) is 41.1. The molecule has 2 fully saturated rings. The first-order chi connectivity index (χ1) is 27.4. The van der Waals surface area contributed by atoms with Gasteiger partial charge in [0, 0.05) is 24.4 Å². The summed E-state index contributed by atoms with van der Waals surface area (Å²) in [5.74, 6) is 0.834. The Morgan fingerprint density at radius 1 is 0.667 bits per heavy atom. The third-order valence-electron chi connectivity index (χ3n) is 13.8. The van der Waals surface area contributed by atoms with E-state index in [1.807, 2.05) is 0 Å². The summed E-state index contributed by atoms with van der Waals surface area (Å²) in [5.41, 5.74) is 1.24. The molecule has 57 heavy (non-hydrogen) atoms. The van der Waals surface area contributed by atoms with Gasteiger partial charge in [0.15, 0.2) is 8.32 Å². The summed E-state index contributed by atoms with van der Waals surface area (Å²) in [6, 6.07) is 36.0. The van der Waals surface area contributed by atoms with E-state index in [2.05, 4.69) is 160 Å². The first-order valence-electron chi connectivity index (χ1n) is 22.8. The topological polar surface area (TPSA) is 46.2 Å².